The van der Waals surface area contributed by atoms with Gasteiger partial charge in [0.15, 0.2) is 5.13 Å². The number of anilines is 1. The van der Waals surface area contributed by atoms with Crippen LogP contribution in [0, 0.1) is 5.92 Å². The van der Waals surface area contributed by atoms with E-state index in [4.69, 9.17) is 4.74 Å². The fourth-order valence-electron chi connectivity index (χ4n) is 4.71. The summed E-state index contributed by atoms with van der Waals surface area (Å²) in [5.41, 5.74) is -0.00279. The van der Waals surface area contributed by atoms with Crippen LogP contribution in [0.5, 0.6) is 0 Å². The van der Waals surface area contributed by atoms with Crippen molar-refractivity contribution < 1.29 is 19.1 Å². The predicted molar refractivity (Wildman–Crippen MR) is 126 cm³/mol. The molecule has 8 nitrogen and oxygen atoms in total. The Labute approximate surface area is 197 Å². The van der Waals surface area contributed by atoms with Gasteiger partial charge in [-0.25, -0.2) is 14.6 Å². The minimum atomic E-state index is -0.885. The molecule has 33 heavy (non-hydrogen) atoms. The first-order valence-corrected chi connectivity index (χ1v) is 12.3. The molecule has 4 rings (SSSR count). The summed E-state index contributed by atoms with van der Waals surface area (Å²) in [5, 5.41) is 5.37. The number of nitrogens with zero attached hydrogens (tertiary/aromatic N) is 3. The average molecular weight is 471 g/mol. The van der Waals surface area contributed by atoms with E-state index < -0.39 is 23.6 Å². The molecular weight excluding hydrogens is 440 g/mol. The SMILES string of the molecule is CC(C)[C@H](NC(=O)N1CCCC12CCCN(c1nccs1)C2=O)C(=O)OCc1ccccc1. The first kappa shape index (κ1) is 23.2. The van der Waals surface area contributed by atoms with Crippen LogP contribution in [-0.4, -0.2) is 52.5 Å². The summed E-state index contributed by atoms with van der Waals surface area (Å²) >= 11 is 1.42. The van der Waals surface area contributed by atoms with E-state index >= 15 is 0 Å². The van der Waals surface area contributed by atoms with Gasteiger partial charge < -0.3 is 15.0 Å². The highest BCUT2D eigenvalue weighted by atomic mass is 32.1. The van der Waals surface area contributed by atoms with Crippen LogP contribution in [0.3, 0.4) is 0 Å². The molecule has 1 aromatic carbocycles. The van der Waals surface area contributed by atoms with Gasteiger partial charge in [-0.05, 0) is 37.2 Å². The van der Waals surface area contributed by atoms with E-state index in [1.54, 1.807) is 16.0 Å². The van der Waals surface area contributed by atoms with Crippen LogP contribution in [0.1, 0.15) is 45.1 Å². The van der Waals surface area contributed by atoms with E-state index in [-0.39, 0.29) is 18.4 Å². The van der Waals surface area contributed by atoms with Gasteiger partial charge in [-0.3, -0.25) is 9.69 Å². The largest absolute Gasteiger partial charge is 0.459 e. The average Bonchev–Trinajstić information content (AvgIpc) is 3.49. The maximum absolute atomic E-state index is 13.6. The van der Waals surface area contributed by atoms with Gasteiger partial charge in [-0.1, -0.05) is 44.2 Å². The lowest BCUT2D eigenvalue weighted by Gasteiger charge is -2.44. The van der Waals surface area contributed by atoms with Crippen LogP contribution in [0.15, 0.2) is 41.9 Å². The number of hydrogen-bond acceptors (Lipinski definition) is 6. The monoisotopic (exact) mass is 470 g/mol. The van der Waals surface area contributed by atoms with Crippen molar-refractivity contribution in [3.05, 3.63) is 47.5 Å². The first-order valence-electron chi connectivity index (χ1n) is 11.4. The molecule has 0 aliphatic carbocycles. The Balaban J connectivity index is 1.46. The lowest BCUT2D eigenvalue weighted by atomic mass is 9.85. The quantitative estimate of drug-likeness (QED) is 0.652. The van der Waals surface area contributed by atoms with Crippen molar-refractivity contribution in [3.63, 3.8) is 0 Å². The number of urea groups is 1. The highest BCUT2D eigenvalue weighted by Gasteiger charge is 2.53. The van der Waals surface area contributed by atoms with Crippen molar-refractivity contribution >= 4 is 34.4 Å². The lowest BCUT2D eigenvalue weighted by molar-refractivity contribution is -0.148. The summed E-state index contributed by atoms with van der Waals surface area (Å²) in [4.78, 5) is 47.4. The summed E-state index contributed by atoms with van der Waals surface area (Å²) in [6, 6.07) is 8.24. The third-order valence-corrected chi connectivity index (χ3v) is 7.22. The summed E-state index contributed by atoms with van der Waals surface area (Å²) < 4.78 is 5.48. The number of nitrogens with one attached hydrogen (secondary N) is 1. The molecule has 1 unspecified atom stereocenters. The third kappa shape index (κ3) is 4.73. The zero-order valence-corrected chi connectivity index (χ0v) is 19.8. The van der Waals surface area contributed by atoms with Crippen LogP contribution in [-0.2, 0) is 20.9 Å². The fraction of sp³-hybridized carbons (Fsp3) is 0.500. The second kappa shape index (κ2) is 9.91. The van der Waals surface area contributed by atoms with E-state index in [1.165, 1.54) is 11.3 Å². The molecule has 2 aliphatic heterocycles. The van der Waals surface area contributed by atoms with Gasteiger partial charge in [0.2, 0.25) is 0 Å². The first-order chi connectivity index (χ1) is 15.9. The summed E-state index contributed by atoms with van der Waals surface area (Å²) in [6.07, 6.45) is 4.46. The van der Waals surface area contributed by atoms with Crippen LogP contribution in [0.4, 0.5) is 9.93 Å². The second-order valence-corrected chi connectivity index (χ2v) is 9.80. The normalized spacial score (nSPS) is 21.5. The zero-order chi connectivity index (χ0) is 23.4. The number of benzene rings is 1. The molecule has 176 valence electrons. The molecule has 2 saturated heterocycles. The Kier molecular flexibility index (Phi) is 6.97. The molecule has 2 atom stereocenters. The number of aromatic nitrogens is 1. The fourth-order valence-corrected chi connectivity index (χ4v) is 5.37. The standard InChI is InChI=1S/C24H30N4O4S/c1-17(2)19(20(29)32-16-18-8-4-3-5-9-18)26-22(31)28-14-7-11-24(28)10-6-13-27(21(24)30)23-25-12-15-33-23/h3-5,8-9,12,15,17,19H,6-7,10-11,13-14,16H2,1-2H3,(H,26,31)/t19-,24?/m0/s1. The molecule has 2 aromatic rings. The topological polar surface area (TPSA) is 91.8 Å². The van der Waals surface area contributed by atoms with Gasteiger partial charge in [-0.2, -0.15) is 0 Å². The minimum Gasteiger partial charge on any atom is -0.459 e. The molecule has 3 amide bonds. The van der Waals surface area contributed by atoms with E-state index in [2.05, 4.69) is 10.3 Å². The molecule has 0 radical (unpaired) electrons. The predicted octanol–water partition coefficient (Wildman–Crippen LogP) is 3.58. The van der Waals surface area contributed by atoms with Gasteiger partial charge >= 0.3 is 12.0 Å². The zero-order valence-electron chi connectivity index (χ0n) is 19.0. The van der Waals surface area contributed by atoms with E-state index in [1.807, 2.05) is 49.6 Å². The van der Waals surface area contributed by atoms with Crippen LogP contribution in [0.2, 0.25) is 0 Å². The number of esters is 1. The minimum absolute atomic E-state index is 0.0795. The highest BCUT2D eigenvalue weighted by molar-refractivity contribution is 7.13. The lowest BCUT2D eigenvalue weighted by Crippen LogP contribution is -2.64. The molecule has 1 aromatic heterocycles. The van der Waals surface area contributed by atoms with Crippen molar-refractivity contribution in [2.75, 3.05) is 18.0 Å². The van der Waals surface area contributed by atoms with Gasteiger partial charge in [0.05, 0.1) is 0 Å². The molecule has 2 fully saturated rings. The number of piperidine rings is 1. The summed E-state index contributed by atoms with van der Waals surface area (Å²) in [5.74, 6) is -0.719. The third-order valence-electron chi connectivity index (χ3n) is 6.42. The number of likely N-dealkylation sites (tertiary alicyclic amines) is 1. The molecule has 0 bridgehead atoms. The maximum Gasteiger partial charge on any atom is 0.329 e. The van der Waals surface area contributed by atoms with Crippen molar-refractivity contribution in [2.45, 2.75) is 57.7 Å². The molecule has 9 heteroatoms. The highest BCUT2D eigenvalue weighted by Crippen LogP contribution is 2.40. The maximum atomic E-state index is 13.6. The van der Waals surface area contributed by atoms with Gasteiger partial charge in [0.25, 0.3) is 5.91 Å². The number of rotatable bonds is 6. The number of carbonyl (C=O) groups excluding carboxylic acids is 3. The van der Waals surface area contributed by atoms with Crippen LogP contribution in [0.25, 0.3) is 0 Å². The number of hydrogen-bond donors (Lipinski definition) is 1. The molecule has 1 spiro atoms. The van der Waals surface area contributed by atoms with Crippen LogP contribution >= 0.6 is 11.3 Å². The molecular formula is C24H30N4O4S. The van der Waals surface area contributed by atoms with Crippen molar-refractivity contribution in [1.29, 1.82) is 0 Å². The summed E-state index contributed by atoms with van der Waals surface area (Å²) in [7, 11) is 0. The van der Waals surface area contributed by atoms with E-state index in [0.29, 0.717) is 31.1 Å². The number of carbonyl (C=O) groups is 3. The van der Waals surface area contributed by atoms with Gasteiger partial charge in [0, 0.05) is 24.7 Å². The number of amides is 3. The Morgan fingerprint density at radius 1 is 1.18 bits per heavy atom. The Morgan fingerprint density at radius 3 is 2.58 bits per heavy atom. The number of ether oxygens (including phenoxy) is 1. The second-order valence-electron chi connectivity index (χ2n) is 8.93. The van der Waals surface area contributed by atoms with Crippen molar-refractivity contribution in [3.8, 4) is 0 Å². The Hall–Kier alpha value is -2.94. The summed E-state index contributed by atoms with van der Waals surface area (Å²) in [6.45, 7) is 4.96. The Bertz CT molecular complexity index is 982. The smallest absolute Gasteiger partial charge is 0.329 e. The van der Waals surface area contributed by atoms with E-state index in [9.17, 15) is 14.4 Å². The molecule has 3 heterocycles. The number of thiazole rings is 1. The molecule has 2 aliphatic rings. The molecule has 0 saturated carbocycles. The van der Waals surface area contributed by atoms with Crippen molar-refractivity contribution in [2.24, 2.45) is 5.92 Å². The van der Waals surface area contributed by atoms with Gasteiger partial charge in [0.1, 0.15) is 18.2 Å². The van der Waals surface area contributed by atoms with E-state index in [0.717, 1.165) is 18.4 Å². The Morgan fingerprint density at radius 2 is 1.91 bits per heavy atom. The van der Waals surface area contributed by atoms with Crippen molar-refractivity contribution in [1.82, 2.24) is 15.2 Å². The van der Waals surface area contributed by atoms with Gasteiger partial charge in [-0.15, -0.1) is 11.3 Å². The molecule has 1 N–H and O–H groups in total. The van der Waals surface area contributed by atoms with Crippen LogP contribution < -0.4 is 10.2 Å².